The molecule has 33 heavy (non-hydrogen) atoms. The van der Waals surface area contributed by atoms with Gasteiger partial charge in [0, 0.05) is 38.2 Å². The van der Waals surface area contributed by atoms with Gasteiger partial charge in [0.15, 0.2) is 6.54 Å². The first kappa shape index (κ1) is 25.7. The summed E-state index contributed by atoms with van der Waals surface area (Å²) in [6, 6.07) is 21.8. The lowest BCUT2D eigenvalue weighted by molar-refractivity contribution is -0.862. The van der Waals surface area contributed by atoms with Gasteiger partial charge < -0.3 is 4.48 Å². The molecule has 2 rings (SSSR count). The number of imide groups is 1. The maximum Gasteiger partial charge on any atom is 0.341 e. The van der Waals surface area contributed by atoms with Crippen molar-refractivity contribution in [3.63, 3.8) is 0 Å². The van der Waals surface area contributed by atoms with Crippen LogP contribution >= 0.6 is 0 Å². The van der Waals surface area contributed by atoms with Gasteiger partial charge >= 0.3 is 6.03 Å². The van der Waals surface area contributed by atoms with Crippen molar-refractivity contribution in [2.45, 2.75) is 19.5 Å². The van der Waals surface area contributed by atoms with Crippen LogP contribution < -0.4 is 10.7 Å². The second kappa shape index (κ2) is 13.1. The minimum absolute atomic E-state index is 0.169. The SMILES string of the molecule is C[N+](C)(C)CC(=O)NC(=O)N/N=C\C(CC#N)CN(Cc1ccccc1)Cc1ccccc1. The summed E-state index contributed by atoms with van der Waals surface area (Å²) in [6.45, 7) is 2.20. The molecular formula is C25H33N6O2+. The molecule has 0 fully saturated rings. The quantitative estimate of drug-likeness (QED) is 0.313. The van der Waals surface area contributed by atoms with Crippen LogP contribution in [-0.2, 0) is 17.9 Å². The Bertz CT molecular complexity index is 907. The van der Waals surface area contributed by atoms with E-state index in [9.17, 15) is 14.9 Å². The Balaban J connectivity index is 2.00. The van der Waals surface area contributed by atoms with Gasteiger partial charge in [0.25, 0.3) is 5.91 Å². The number of benzene rings is 2. The van der Waals surface area contributed by atoms with E-state index in [1.807, 2.05) is 57.5 Å². The Morgan fingerprint density at radius 2 is 1.58 bits per heavy atom. The number of nitrogens with one attached hydrogen (secondary N) is 2. The first-order chi connectivity index (χ1) is 15.7. The Hall–Kier alpha value is -3.54. The van der Waals surface area contributed by atoms with E-state index < -0.39 is 6.03 Å². The molecule has 0 saturated heterocycles. The summed E-state index contributed by atoms with van der Waals surface area (Å²) in [6.07, 6.45) is 1.82. The number of nitriles is 1. The van der Waals surface area contributed by atoms with Crippen LogP contribution in [0, 0.1) is 17.2 Å². The van der Waals surface area contributed by atoms with Crippen molar-refractivity contribution in [3.05, 3.63) is 71.8 Å². The van der Waals surface area contributed by atoms with E-state index >= 15 is 0 Å². The van der Waals surface area contributed by atoms with Gasteiger partial charge in [-0.1, -0.05) is 60.7 Å². The average Bonchev–Trinajstić information content (AvgIpc) is 2.74. The van der Waals surface area contributed by atoms with E-state index in [0.29, 0.717) is 11.0 Å². The smallest absolute Gasteiger partial charge is 0.323 e. The summed E-state index contributed by atoms with van der Waals surface area (Å²) in [4.78, 5) is 26.1. The van der Waals surface area contributed by atoms with Gasteiger partial charge in [-0.15, -0.1) is 0 Å². The number of carbonyl (C=O) groups is 2. The standard InChI is InChI=1S/C25H32N6O2/c1-31(2,3)20-24(32)28-25(33)29-27-16-23(14-15-26)19-30(17-21-10-6-4-7-11-21)18-22-12-8-5-9-13-22/h4-13,16,23H,14,17-20H2,1-3H3,(H-,28,29,32,33)/p+1/b27-16-. The fourth-order valence-electron chi connectivity index (χ4n) is 3.31. The van der Waals surface area contributed by atoms with Gasteiger partial charge in [-0.25, -0.2) is 10.2 Å². The summed E-state index contributed by atoms with van der Waals surface area (Å²) in [5, 5.41) is 15.5. The Morgan fingerprint density at radius 1 is 1.03 bits per heavy atom. The number of rotatable bonds is 11. The van der Waals surface area contributed by atoms with Crippen LogP contribution in [0.1, 0.15) is 17.5 Å². The van der Waals surface area contributed by atoms with Gasteiger partial charge in [0.1, 0.15) is 0 Å². The third-order valence-corrected chi connectivity index (χ3v) is 4.67. The molecule has 0 aromatic heterocycles. The third-order valence-electron chi connectivity index (χ3n) is 4.67. The number of hydrogen-bond acceptors (Lipinski definition) is 5. The van der Waals surface area contributed by atoms with Crippen molar-refractivity contribution in [2.75, 3.05) is 34.2 Å². The van der Waals surface area contributed by atoms with E-state index in [2.05, 4.69) is 51.1 Å². The normalized spacial score (nSPS) is 12.3. The summed E-state index contributed by atoms with van der Waals surface area (Å²) in [5.74, 6) is -0.578. The largest absolute Gasteiger partial charge is 0.341 e. The molecule has 2 N–H and O–H groups in total. The molecule has 0 aliphatic rings. The highest BCUT2D eigenvalue weighted by Gasteiger charge is 2.17. The van der Waals surface area contributed by atoms with E-state index in [0.717, 1.165) is 13.1 Å². The summed E-state index contributed by atoms with van der Waals surface area (Å²) in [5.41, 5.74) is 4.68. The molecule has 0 spiro atoms. The molecule has 8 heteroatoms. The molecule has 1 unspecified atom stereocenters. The average molecular weight is 450 g/mol. The molecule has 3 amide bonds. The number of hydrogen-bond donors (Lipinski definition) is 2. The molecule has 174 valence electrons. The molecule has 8 nitrogen and oxygen atoms in total. The van der Waals surface area contributed by atoms with Crippen LogP contribution in [0.15, 0.2) is 65.8 Å². The molecule has 0 bridgehead atoms. The van der Waals surface area contributed by atoms with Gasteiger partial charge in [-0.3, -0.25) is 15.0 Å². The van der Waals surface area contributed by atoms with Crippen molar-refractivity contribution in [2.24, 2.45) is 11.0 Å². The molecule has 2 aromatic rings. The number of nitrogens with zero attached hydrogens (tertiary/aromatic N) is 4. The van der Waals surface area contributed by atoms with Gasteiger partial charge in [0.2, 0.25) is 0 Å². The van der Waals surface area contributed by atoms with Crippen LogP contribution in [0.25, 0.3) is 0 Å². The lowest BCUT2D eigenvalue weighted by Crippen LogP contribution is -2.47. The number of quaternary nitrogens is 1. The number of urea groups is 1. The monoisotopic (exact) mass is 449 g/mol. The molecule has 0 aliphatic carbocycles. The van der Waals surface area contributed by atoms with Crippen molar-refractivity contribution in [1.29, 1.82) is 5.26 Å². The number of carbonyl (C=O) groups excluding carboxylic acids is 2. The number of likely N-dealkylation sites (N-methyl/N-ethyl adjacent to an activating group) is 1. The van der Waals surface area contributed by atoms with Crippen LogP contribution in [-0.4, -0.2) is 61.8 Å². The fourth-order valence-corrected chi connectivity index (χ4v) is 3.31. The zero-order valence-corrected chi connectivity index (χ0v) is 19.6. The van der Waals surface area contributed by atoms with Gasteiger partial charge in [-0.05, 0) is 11.1 Å². The second-order valence-electron chi connectivity index (χ2n) is 8.98. The second-order valence-corrected chi connectivity index (χ2v) is 8.98. The molecule has 0 aliphatic heterocycles. The molecule has 1 atom stereocenters. The highest BCUT2D eigenvalue weighted by Crippen LogP contribution is 2.13. The molecule has 0 radical (unpaired) electrons. The van der Waals surface area contributed by atoms with Crippen LogP contribution in [0.3, 0.4) is 0 Å². The van der Waals surface area contributed by atoms with Crippen molar-refractivity contribution in [3.8, 4) is 6.07 Å². The van der Waals surface area contributed by atoms with Crippen molar-refractivity contribution < 1.29 is 14.1 Å². The highest BCUT2D eigenvalue weighted by atomic mass is 16.2. The zero-order chi connectivity index (χ0) is 24.1. The predicted molar refractivity (Wildman–Crippen MR) is 129 cm³/mol. The van der Waals surface area contributed by atoms with E-state index in [1.165, 1.54) is 11.1 Å². The lowest BCUT2D eigenvalue weighted by Gasteiger charge is -2.25. The fraction of sp³-hybridized carbons (Fsp3) is 0.360. The van der Waals surface area contributed by atoms with Crippen LogP contribution in [0.4, 0.5) is 4.79 Å². The topological polar surface area (TPSA) is 97.6 Å². The Kier molecular flexibility index (Phi) is 10.2. The van der Waals surface area contributed by atoms with Crippen molar-refractivity contribution in [1.82, 2.24) is 15.6 Å². The summed E-state index contributed by atoms with van der Waals surface area (Å²) < 4.78 is 0.408. The Labute approximate surface area is 196 Å². The van der Waals surface area contributed by atoms with Crippen LogP contribution in [0.2, 0.25) is 0 Å². The van der Waals surface area contributed by atoms with E-state index in [-0.39, 0.29) is 24.8 Å². The maximum atomic E-state index is 11.9. The zero-order valence-electron chi connectivity index (χ0n) is 19.6. The lowest BCUT2D eigenvalue weighted by atomic mass is 10.1. The summed E-state index contributed by atoms with van der Waals surface area (Å²) >= 11 is 0. The third kappa shape index (κ3) is 11.1. The molecule has 2 aromatic carbocycles. The molecular weight excluding hydrogens is 416 g/mol. The first-order valence-corrected chi connectivity index (χ1v) is 10.9. The Morgan fingerprint density at radius 3 is 2.06 bits per heavy atom. The predicted octanol–water partition coefficient (Wildman–Crippen LogP) is 2.74. The molecule has 0 saturated carbocycles. The highest BCUT2D eigenvalue weighted by molar-refractivity contribution is 5.94. The number of amides is 3. The minimum Gasteiger partial charge on any atom is -0.323 e. The first-order valence-electron chi connectivity index (χ1n) is 10.9. The maximum absolute atomic E-state index is 11.9. The van der Waals surface area contributed by atoms with Crippen molar-refractivity contribution >= 4 is 18.2 Å². The van der Waals surface area contributed by atoms with E-state index in [4.69, 9.17) is 0 Å². The van der Waals surface area contributed by atoms with Gasteiger partial charge in [-0.2, -0.15) is 10.4 Å². The van der Waals surface area contributed by atoms with Crippen LogP contribution in [0.5, 0.6) is 0 Å². The van der Waals surface area contributed by atoms with Gasteiger partial charge in [0.05, 0.1) is 27.2 Å². The molecule has 0 heterocycles. The summed E-state index contributed by atoms with van der Waals surface area (Å²) in [7, 11) is 5.58. The van der Waals surface area contributed by atoms with E-state index in [1.54, 1.807) is 6.21 Å². The number of hydrazone groups is 1. The minimum atomic E-state index is -0.689.